The second-order valence-corrected chi connectivity index (χ2v) is 8.73. The Morgan fingerprint density at radius 2 is 1.61 bits per heavy atom. The molecule has 0 saturated heterocycles. The fourth-order valence-electron chi connectivity index (χ4n) is 4.09. The van der Waals surface area contributed by atoms with Gasteiger partial charge in [-0.15, -0.1) is 0 Å². The third kappa shape index (κ3) is 4.25. The first-order valence-corrected chi connectivity index (χ1v) is 10.9. The highest BCUT2D eigenvalue weighted by molar-refractivity contribution is 5.90. The van der Waals surface area contributed by atoms with E-state index < -0.39 is 0 Å². The summed E-state index contributed by atoms with van der Waals surface area (Å²) in [5.74, 6) is 1.38. The van der Waals surface area contributed by atoms with Gasteiger partial charge in [0.05, 0.1) is 25.8 Å². The van der Waals surface area contributed by atoms with Gasteiger partial charge < -0.3 is 19.8 Å². The van der Waals surface area contributed by atoms with Gasteiger partial charge in [-0.25, -0.2) is 14.8 Å². The largest absolute Gasteiger partial charge is 0.330 e. The number of anilines is 1. The van der Waals surface area contributed by atoms with Gasteiger partial charge in [0.15, 0.2) is 5.82 Å². The number of nitrogens with zero attached hydrogens (tertiary/aromatic N) is 5. The van der Waals surface area contributed by atoms with Crippen molar-refractivity contribution in [2.24, 2.45) is 4.99 Å². The zero-order chi connectivity index (χ0) is 22.9. The second-order valence-electron chi connectivity index (χ2n) is 8.73. The van der Waals surface area contributed by atoms with Crippen molar-refractivity contribution in [1.29, 1.82) is 0 Å². The molecule has 0 fully saturated rings. The van der Waals surface area contributed by atoms with Crippen LogP contribution in [0.5, 0.6) is 0 Å². The number of hydrogen-bond acceptors (Lipinski definition) is 5. The Balaban J connectivity index is 1.44. The fourth-order valence-corrected chi connectivity index (χ4v) is 4.09. The summed E-state index contributed by atoms with van der Waals surface area (Å²) in [6, 6.07) is 16.7. The Bertz CT molecular complexity index is 1360. The molecule has 0 amide bonds. The first kappa shape index (κ1) is 21.0. The quantitative estimate of drug-likeness (QED) is 0.479. The first-order chi connectivity index (χ1) is 16.0. The lowest BCUT2D eigenvalue weighted by molar-refractivity contribution is 0.402. The number of aliphatic imine (C=N–C) groups is 1. The molecule has 33 heavy (non-hydrogen) atoms. The summed E-state index contributed by atoms with van der Waals surface area (Å²) in [6.45, 7) is 4.06. The topological polar surface area (TPSA) is 83.2 Å². The number of aromatic amines is 1. The smallest absolute Gasteiger partial charge is 0.327 e. The second kappa shape index (κ2) is 8.55. The molecular weight excluding hydrogens is 414 g/mol. The maximum absolute atomic E-state index is 12.8. The van der Waals surface area contributed by atoms with Crippen LogP contribution < -0.4 is 11.0 Å². The van der Waals surface area contributed by atoms with E-state index in [-0.39, 0.29) is 5.69 Å². The van der Waals surface area contributed by atoms with Crippen molar-refractivity contribution in [2.45, 2.75) is 26.6 Å². The minimum absolute atomic E-state index is 0.180. The number of hydrogen-bond donors (Lipinski definition) is 2. The van der Waals surface area contributed by atoms with E-state index in [1.54, 1.807) is 17.2 Å². The van der Waals surface area contributed by atoms with Gasteiger partial charge in [-0.3, -0.25) is 4.57 Å². The average molecular weight is 442 g/mol. The van der Waals surface area contributed by atoms with Crippen LogP contribution in [0.4, 0.5) is 11.6 Å². The molecule has 8 nitrogen and oxygen atoms in total. The summed E-state index contributed by atoms with van der Waals surface area (Å²) in [6.07, 6.45) is 3.41. The molecule has 0 radical (unpaired) electrons. The molecule has 1 aliphatic heterocycles. The molecule has 1 aliphatic rings. The maximum Gasteiger partial charge on any atom is 0.327 e. The monoisotopic (exact) mass is 441 g/mol. The van der Waals surface area contributed by atoms with Gasteiger partial charge in [0.2, 0.25) is 0 Å². The number of rotatable bonds is 6. The van der Waals surface area contributed by atoms with Crippen LogP contribution in [0, 0.1) is 6.92 Å². The van der Waals surface area contributed by atoms with Gasteiger partial charge >= 0.3 is 5.69 Å². The van der Waals surface area contributed by atoms with E-state index in [1.807, 2.05) is 35.8 Å². The van der Waals surface area contributed by atoms with E-state index in [0.717, 1.165) is 17.7 Å². The zero-order valence-corrected chi connectivity index (χ0v) is 19.0. The van der Waals surface area contributed by atoms with E-state index >= 15 is 0 Å². The van der Waals surface area contributed by atoms with Crippen LogP contribution in [-0.2, 0) is 19.6 Å². The number of benzene rings is 2. The Morgan fingerprint density at radius 1 is 0.939 bits per heavy atom. The van der Waals surface area contributed by atoms with Gasteiger partial charge in [-0.05, 0) is 37.7 Å². The van der Waals surface area contributed by atoms with Crippen LogP contribution in [0.2, 0.25) is 0 Å². The van der Waals surface area contributed by atoms with Crippen molar-refractivity contribution in [3.63, 3.8) is 0 Å². The van der Waals surface area contributed by atoms with Gasteiger partial charge in [0.1, 0.15) is 17.2 Å². The standard InChI is InChI=1S/C25H27N7O/c1-17-4-6-20(7-5-17)14-32-24-22(29-25(32)33)21-23(26-15-27-24)31(16-28-21)13-19-10-8-18(9-11-19)12-30(2)3/h4-11,15-16H,12-14H2,1-3H3,(H,26,27)(H,29,33). The summed E-state index contributed by atoms with van der Waals surface area (Å²) >= 11 is 0. The molecule has 2 aromatic carbocycles. The SMILES string of the molecule is Cc1ccc(Cn2c3c([nH]c2=O)-c2ncn(Cc4ccc(CN(C)C)cc4)c2N=CN3)cc1. The number of aryl methyl sites for hydroxylation is 1. The molecular formula is C25H27N7O. The number of imidazole rings is 2. The van der Waals surface area contributed by atoms with Crippen LogP contribution in [-0.4, -0.2) is 44.4 Å². The van der Waals surface area contributed by atoms with Crippen LogP contribution in [0.3, 0.4) is 0 Å². The van der Waals surface area contributed by atoms with Crippen molar-refractivity contribution in [1.82, 2.24) is 24.0 Å². The summed E-state index contributed by atoms with van der Waals surface area (Å²) in [5.41, 5.74) is 5.81. The minimum atomic E-state index is -0.180. The zero-order valence-electron chi connectivity index (χ0n) is 19.0. The highest BCUT2D eigenvalue weighted by Crippen LogP contribution is 2.34. The lowest BCUT2D eigenvalue weighted by atomic mass is 10.1. The highest BCUT2D eigenvalue weighted by atomic mass is 16.1. The van der Waals surface area contributed by atoms with Crippen LogP contribution in [0.1, 0.15) is 22.3 Å². The maximum atomic E-state index is 12.8. The third-order valence-electron chi connectivity index (χ3n) is 5.75. The molecule has 8 heteroatoms. The first-order valence-electron chi connectivity index (χ1n) is 10.9. The molecule has 4 aromatic rings. The third-order valence-corrected chi connectivity index (χ3v) is 5.75. The number of aromatic nitrogens is 4. The summed E-state index contributed by atoms with van der Waals surface area (Å²) < 4.78 is 3.68. The lowest BCUT2D eigenvalue weighted by Gasteiger charge is -2.10. The van der Waals surface area contributed by atoms with E-state index in [9.17, 15) is 4.79 Å². The molecule has 0 aliphatic carbocycles. The molecule has 0 atom stereocenters. The molecule has 0 spiro atoms. The van der Waals surface area contributed by atoms with Crippen molar-refractivity contribution in [3.05, 3.63) is 87.6 Å². The Kier molecular flexibility index (Phi) is 5.43. The van der Waals surface area contributed by atoms with E-state index in [1.165, 1.54) is 11.1 Å². The summed E-state index contributed by atoms with van der Waals surface area (Å²) in [4.78, 5) is 27.1. The summed E-state index contributed by atoms with van der Waals surface area (Å²) in [7, 11) is 4.13. The van der Waals surface area contributed by atoms with Crippen molar-refractivity contribution in [2.75, 3.05) is 19.4 Å². The van der Waals surface area contributed by atoms with E-state index in [2.05, 4.69) is 63.5 Å². The number of nitrogens with one attached hydrogen (secondary N) is 2. The van der Waals surface area contributed by atoms with E-state index in [0.29, 0.717) is 36.1 Å². The Morgan fingerprint density at radius 3 is 2.33 bits per heavy atom. The Hall–Kier alpha value is -3.91. The van der Waals surface area contributed by atoms with Crippen molar-refractivity contribution >= 4 is 18.0 Å². The van der Waals surface area contributed by atoms with Crippen molar-refractivity contribution in [3.8, 4) is 11.4 Å². The van der Waals surface area contributed by atoms with Crippen LogP contribution in [0.25, 0.3) is 11.4 Å². The molecule has 0 bridgehead atoms. The summed E-state index contributed by atoms with van der Waals surface area (Å²) in [5, 5.41) is 3.18. The number of fused-ring (bicyclic) bond motifs is 3. The molecule has 3 heterocycles. The van der Waals surface area contributed by atoms with Gasteiger partial charge in [0, 0.05) is 6.54 Å². The highest BCUT2D eigenvalue weighted by Gasteiger charge is 2.23. The van der Waals surface area contributed by atoms with Crippen LogP contribution in [0.15, 0.2) is 64.6 Å². The van der Waals surface area contributed by atoms with E-state index in [4.69, 9.17) is 0 Å². The molecule has 5 rings (SSSR count). The Labute approximate surface area is 192 Å². The van der Waals surface area contributed by atoms with Crippen LogP contribution >= 0.6 is 0 Å². The predicted octanol–water partition coefficient (Wildman–Crippen LogP) is 3.59. The number of H-pyrrole nitrogens is 1. The van der Waals surface area contributed by atoms with Gasteiger partial charge in [-0.1, -0.05) is 54.1 Å². The molecule has 0 unspecified atom stereocenters. The molecule has 2 aromatic heterocycles. The predicted molar refractivity (Wildman–Crippen MR) is 131 cm³/mol. The van der Waals surface area contributed by atoms with Gasteiger partial charge in [0.25, 0.3) is 0 Å². The lowest BCUT2D eigenvalue weighted by Crippen LogP contribution is -2.19. The molecule has 168 valence electrons. The van der Waals surface area contributed by atoms with Crippen molar-refractivity contribution < 1.29 is 0 Å². The minimum Gasteiger partial charge on any atom is -0.330 e. The normalized spacial score (nSPS) is 12.4. The molecule has 2 N–H and O–H groups in total. The molecule has 0 saturated carbocycles. The fraction of sp³-hybridized carbons (Fsp3) is 0.240. The average Bonchev–Trinajstić information content (AvgIpc) is 3.25. The van der Waals surface area contributed by atoms with Gasteiger partial charge in [-0.2, -0.15) is 0 Å².